The number of carbonyl (C=O) groups is 1. The van der Waals surface area contributed by atoms with Crippen LogP contribution in [-0.2, 0) is 11.3 Å². The van der Waals surface area contributed by atoms with E-state index in [1.54, 1.807) is 4.68 Å². The van der Waals surface area contributed by atoms with Crippen molar-refractivity contribution in [3.63, 3.8) is 0 Å². The van der Waals surface area contributed by atoms with Crippen molar-refractivity contribution >= 4 is 16.9 Å². The summed E-state index contributed by atoms with van der Waals surface area (Å²) in [5.74, 6) is 0.601. The van der Waals surface area contributed by atoms with Crippen LogP contribution in [0.15, 0.2) is 47.7 Å². The lowest BCUT2D eigenvalue weighted by Crippen LogP contribution is -2.38. The van der Waals surface area contributed by atoms with E-state index in [0.717, 1.165) is 25.2 Å². The summed E-state index contributed by atoms with van der Waals surface area (Å²) in [5, 5.41) is 4.72. The summed E-state index contributed by atoms with van der Waals surface area (Å²) >= 11 is 0. The number of amides is 1. The maximum Gasteiger partial charge on any atom is 0.264 e. The van der Waals surface area contributed by atoms with Crippen molar-refractivity contribution in [3.8, 4) is 5.69 Å². The van der Waals surface area contributed by atoms with Gasteiger partial charge in [-0.25, -0.2) is 9.67 Å². The zero-order valence-corrected chi connectivity index (χ0v) is 15.4. The lowest BCUT2D eigenvalue weighted by atomic mass is 10.3. The fraction of sp³-hybridized carbons (Fsp3) is 0.400. The Bertz CT molecular complexity index is 1000. The molecule has 2 heterocycles. The van der Waals surface area contributed by atoms with Crippen molar-refractivity contribution in [2.75, 3.05) is 13.1 Å². The van der Waals surface area contributed by atoms with E-state index in [9.17, 15) is 9.59 Å². The minimum atomic E-state index is -0.238. The molecule has 27 heavy (non-hydrogen) atoms. The predicted molar refractivity (Wildman–Crippen MR) is 103 cm³/mol. The van der Waals surface area contributed by atoms with Gasteiger partial charge in [-0.15, -0.1) is 0 Å². The van der Waals surface area contributed by atoms with Crippen LogP contribution in [0.3, 0.4) is 0 Å². The van der Waals surface area contributed by atoms with Gasteiger partial charge in [0, 0.05) is 13.1 Å². The largest absolute Gasteiger partial charge is 0.341 e. The lowest BCUT2D eigenvalue weighted by Gasteiger charge is -2.22. The fourth-order valence-electron chi connectivity index (χ4n) is 3.26. The lowest BCUT2D eigenvalue weighted by molar-refractivity contribution is -0.132. The normalized spacial score (nSPS) is 13.8. The van der Waals surface area contributed by atoms with Crippen molar-refractivity contribution in [3.05, 3.63) is 53.2 Å². The molecule has 1 amide bonds. The van der Waals surface area contributed by atoms with E-state index in [1.165, 1.54) is 29.9 Å². The first-order valence-electron chi connectivity index (χ1n) is 9.43. The molecule has 7 nitrogen and oxygen atoms in total. The first-order valence-corrected chi connectivity index (χ1v) is 9.43. The van der Waals surface area contributed by atoms with Gasteiger partial charge in [-0.1, -0.05) is 25.1 Å². The van der Waals surface area contributed by atoms with Crippen LogP contribution in [0.5, 0.6) is 0 Å². The SMILES string of the molecule is CCCN(CC1CC1)C(=O)Cn1cnc2c(cnn2-c2ccccc2)c1=O. The zero-order valence-electron chi connectivity index (χ0n) is 15.4. The van der Waals surface area contributed by atoms with Gasteiger partial charge < -0.3 is 4.90 Å². The standard InChI is InChI=1S/C20H23N5O2/c1-2-10-23(12-15-8-9-15)18(26)13-24-14-21-19-17(20(24)27)11-22-25(19)16-6-4-3-5-7-16/h3-7,11,14-15H,2,8-10,12-13H2,1H3. The molecule has 0 spiro atoms. The molecule has 2 aromatic heterocycles. The maximum atomic E-state index is 12.8. The average Bonchev–Trinajstić information content (AvgIpc) is 3.40. The molecule has 4 rings (SSSR count). The van der Waals surface area contributed by atoms with E-state index < -0.39 is 0 Å². The van der Waals surface area contributed by atoms with Crippen LogP contribution in [0.1, 0.15) is 26.2 Å². The van der Waals surface area contributed by atoms with Crippen LogP contribution in [-0.4, -0.2) is 43.2 Å². The summed E-state index contributed by atoms with van der Waals surface area (Å²) in [6.07, 6.45) is 6.27. The molecule has 1 aliphatic carbocycles. The molecule has 1 fully saturated rings. The smallest absolute Gasteiger partial charge is 0.264 e. The Hall–Kier alpha value is -2.96. The third kappa shape index (κ3) is 3.63. The van der Waals surface area contributed by atoms with Crippen LogP contribution < -0.4 is 5.56 Å². The van der Waals surface area contributed by atoms with Crippen molar-refractivity contribution in [1.29, 1.82) is 0 Å². The van der Waals surface area contributed by atoms with Crippen molar-refractivity contribution in [2.24, 2.45) is 5.92 Å². The summed E-state index contributed by atoms with van der Waals surface area (Å²) in [7, 11) is 0. The average molecular weight is 365 g/mol. The number of aromatic nitrogens is 4. The van der Waals surface area contributed by atoms with Crippen LogP contribution in [0.4, 0.5) is 0 Å². The number of para-hydroxylation sites is 1. The van der Waals surface area contributed by atoms with Gasteiger partial charge >= 0.3 is 0 Å². The number of nitrogens with zero attached hydrogens (tertiary/aromatic N) is 5. The van der Waals surface area contributed by atoms with E-state index in [0.29, 0.717) is 17.0 Å². The molecule has 1 aliphatic rings. The highest BCUT2D eigenvalue weighted by Gasteiger charge is 2.26. The molecule has 0 saturated heterocycles. The summed E-state index contributed by atoms with van der Waals surface area (Å²) in [5.41, 5.74) is 1.10. The van der Waals surface area contributed by atoms with Gasteiger partial charge in [0.05, 0.1) is 11.9 Å². The highest BCUT2D eigenvalue weighted by Crippen LogP contribution is 2.29. The highest BCUT2D eigenvalue weighted by atomic mass is 16.2. The summed E-state index contributed by atoms with van der Waals surface area (Å²) in [4.78, 5) is 31.8. The second kappa shape index (κ2) is 7.34. The number of hydrogen-bond donors (Lipinski definition) is 0. The number of rotatable bonds is 7. The third-order valence-corrected chi connectivity index (χ3v) is 4.88. The van der Waals surface area contributed by atoms with Crippen molar-refractivity contribution in [2.45, 2.75) is 32.7 Å². The van der Waals surface area contributed by atoms with Crippen LogP contribution in [0.2, 0.25) is 0 Å². The summed E-state index contributed by atoms with van der Waals surface area (Å²) in [6.45, 7) is 3.60. The fourth-order valence-corrected chi connectivity index (χ4v) is 3.26. The molecule has 1 saturated carbocycles. The Balaban J connectivity index is 1.60. The summed E-state index contributed by atoms with van der Waals surface area (Å²) < 4.78 is 3.02. The molecule has 0 N–H and O–H groups in total. The Morgan fingerprint density at radius 1 is 1.26 bits per heavy atom. The van der Waals surface area contributed by atoms with Gasteiger partial charge in [0.25, 0.3) is 5.56 Å². The molecule has 0 radical (unpaired) electrons. The van der Waals surface area contributed by atoms with Gasteiger partial charge in [0.1, 0.15) is 18.3 Å². The second-order valence-electron chi connectivity index (χ2n) is 7.09. The third-order valence-electron chi connectivity index (χ3n) is 4.88. The van der Waals surface area contributed by atoms with Gasteiger partial charge in [-0.3, -0.25) is 14.2 Å². The quantitative estimate of drug-likeness (QED) is 0.644. The van der Waals surface area contributed by atoms with Crippen molar-refractivity contribution in [1.82, 2.24) is 24.2 Å². The van der Waals surface area contributed by atoms with Crippen LogP contribution >= 0.6 is 0 Å². The monoisotopic (exact) mass is 365 g/mol. The second-order valence-corrected chi connectivity index (χ2v) is 7.09. The van der Waals surface area contributed by atoms with E-state index in [2.05, 4.69) is 17.0 Å². The van der Waals surface area contributed by atoms with Gasteiger partial charge in [0.2, 0.25) is 5.91 Å². The molecule has 0 bridgehead atoms. The Morgan fingerprint density at radius 2 is 2.04 bits per heavy atom. The molecule has 7 heteroatoms. The Kier molecular flexibility index (Phi) is 4.75. The first-order chi connectivity index (χ1) is 13.2. The number of carbonyl (C=O) groups excluding carboxylic acids is 1. The Morgan fingerprint density at radius 3 is 2.74 bits per heavy atom. The van der Waals surface area contributed by atoms with E-state index in [-0.39, 0.29) is 18.0 Å². The van der Waals surface area contributed by atoms with Gasteiger partial charge in [-0.2, -0.15) is 5.10 Å². The molecule has 3 aromatic rings. The highest BCUT2D eigenvalue weighted by molar-refractivity contribution is 5.78. The van der Waals surface area contributed by atoms with E-state index in [4.69, 9.17) is 0 Å². The number of fused-ring (bicyclic) bond motifs is 1. The minimum Gasteiger partial charge on any atom is -0.341 e. The topological polar surface area (TPSA) is 73.0 Å². The molecular formula is C20H23N5O2. The Labute approximate surface area is 157 Å². The molecule has 0 unspecified atom stereocenters. The summed E-state index contributed by atoms with van der Waals surface area (Å²) in [6, 6.07) is 9.55. The van der Waals surface area contributed by atoms with E-state index in [1.807, 2.05) is 35.2 Å². The molecule has 0 aliphatic heterocycles. The number of benzene rings is 1. The molecule has 0 atom stereocenters. The zero-order chi connectivity index (χ0) is 18.8. The molecular weight excluding hydrogens is 342 g/mol. The first kappa shape index (κ1) is 17.5. The number of hydrogen-bond acceptors (Lipinski definition) is 4. The van der Waals surface area contributed by atoms with Crippen LogP contribution in [0.25, 0.3) is 16.7 Å². The van der Waals surface area contributed by atoms with Gasteiger partial charge in [-0.05, 0) is 37.3 Å². The van der Waals surface area contributed by atoms with Crippen molar-refractivity contribution < 1.29 is 4.79 Å². The predicted octanol–water partition coefficient (Wildman–Crippen LogP) is 2.23. The molecule has 140 valence electrons. The van der Waals surface area contributed by atoms with Gasteiger partial charge in [0.15, 0.2) is 5.65 Å². The molecule has 1 aromatic carbocycles. The van der Waals surface area contributed by atoms with E-state index >= 15 is 0 Å². The maximum absolute atomic E-state index is 12.8. The minimum absolute atomic E-state index is 0.0189. The van der Waals surface area contributed by atoms with Crippen LogP contribution in [0, 0.1) is 5.92 Å².